The summed E-state index contributed by atoms with van der Waals surface area (Å²) < 4.78 is 49.3. The molecule has 0 aliphatic heterocycles. The van der Waals surface area contributed by atoms with Gasteiger partial charge < -0.3 is 15.2 Å². The highest BCUT2D eigenvalue weighted by Crippen LogP contribution is 2.28. The molecular formula is C11H17FN2O4S. The van der Waals surface area contributed by atoms with Gasteiger partial charge in [-0.1, -0.05) is 0 Å². The van der Waals surface area contributed by atoms with Crippen LogP contribution in [0, 0.1) is 5.82 Å². The lowest BCUT2D eigenvalue weighted by atomic mass is 10.3. The van der Waals surface area contributed by atoms with Crippen LogP contribution in [0.1, 0.15) is 6.92 Å². The highest BCUT2D eigenvalue weighted by Gasteiger charge is 2.18. The number of ether oxygens (including phenoxy) is 2. The Labute approximate surface area is 111 Å². The van der Waals surface area contributed by atoms with Crippen molar-refractivity contribution >= 4 is 15.7 Å². The SMILES string of the molecule is CCOCCNS(=O)(=O)c1cc(N)c(OC)c(F)c1. The van der Waals surface area contributed by atoms with E-state index in [1.54, 1.807) is 6.92 Å². The standard InChI is InChI=1S/C11H17FN2O4S/c1-3-18-5-4-14-19(15,16)8-6-9(12)11(17-2)10(13)7-8/h6-7,14H,3-5,13H2,1-2H3. The number of rotatable bonds is 7. The highest BCUT2D eigenvalue weighted by atomic mass is 32.2. The van der Waals surface area contributed by atoms with Gasteiger partial charge in [-0.15, -0.1) is 0 Å². The van der Waals surface area contributed by atoms with Crippen LogP contribution in [0.5, 0.6) is 5.75 Å². The fraction of sp³-hybridized carbons (Fsp3) is 0.455. The first-order chi connectivity index (χ1) is 8.92. The van der Waals surface area contributed by atoms with E-state index in [-0.39, 0.29) is 29.5 Å². The molecule has 1 rings (SSSR count). The molecule has 0 unspecified atom stereocenters. The molecular weight excluding hydrogens is 275 g/mol. The molecule has 6 nitrogen and oxygen atoms in total. The van der Waals surface area contributed by atoms with Crippen LogP contribution in [-0.4, -0.2) is 35.3 Å². The second-order valence-corrected chi connectivity index (χ2v) is 5.39. The maximum absolute atomic E-state index is 13.6. The number of benzene rings is 1. The number of hydrogen-bond donors (Lipinski definition) is 2. The number of halogens is 1. The predicted molar refractivity (Wildman–Crippen MR) is 69.0 cm³/mol. The molecule has 108 valence electrons. The largest absolute Gasteiger partial charge is 0.492 e. The fourth-order valence-electron chi connectivity index (χ4n) is 1.44. The zero-order valence-corrected chi connectivity index (χ0v) is 11.6. The van der Waals surface area contributed by atoms with E-state index < -0.39 is 15.8 Å². The zero-order valence-electron chi connectivity index (χ0n) is 10.8. The van der Waals surface area contributed by atoms with Crippen LogP contribution in [0.3, 0.4) is 0 Å². The van der Waals surface area contributed by atoms with E-state index >= 15 is 0 Å². The smallest absolute Gasteiger partial charge is 0.240 e. The summed E-state index contributed by atoms with van der Waals surface area (Å²) in [6, 6.07) is 2.00. The van der Waals surface area contributed by atoms with Gasteiger partial charge in [0.25, 0.3) is 0 Å². The summed E-state index contributed by atoms with van der Waals surface area (Å²) in [6.45, 7) is 2.63. The van der Waals surface area contributed by atoms with Crippen LogP contribution >= 0.6 is 0 Å². The lowest BCUT2D eigenvalue weighted by molar-refractivity contribution is 0.153. The van der Waals surface area contributed by atoms with E-state index in [9.17, 15) is 12.8 Å². The lowest BCUT2D eigenvalue weighted by Gasteiger charge is -2.10. The van der Waals surface area contributed by atoms with Crippen LogP contribution < -0.4 is 15.2 Å². The Kier molecular flexibility index (Phi) is 5.52. The molecule has 0 saturated heterocycles. The van der Waals surface area contributed by atoms with E-state index in [1.165, 1.54) is 7.11 Å². The average Bonchev–Trinajstić information content (AvgIpc) is 2.34. The second kappa shape index (κ2) is 6.69. The van der Waals surface area contributed by atoms with Crippen molar-refractivity contribution < 1.29 is 22.3 Å². The zero-order chi connectivity index (χ0) is 14.5. The first-order valence-electron chi connectivity index (χ1n) is 5.62. The van der Waals surface area contributed by atoms with Gasteiger partial charge in [0, 0.05) is 13.2 Å². The van der Waals surface area contributed by atoms with Gasteiger partial charge in [0.2, 0.25) is 10.0 Å². The number of nitrogens with two attached hydrogens (primary N) is 1. The van der Waals surface area contributed by atoms with Gasteiger partial charge in [-0.25, -0.2) is 17.5 Å². The molecule has 0 amide bonds. The molecule has 19 heavy (non-hydrogen) atoms. The third-order valence-electron chi connectivity index (χ3n) is 2.30. The van der Waals surface area contributed by atoms with E-state index in [0.717, 1.165) is 12.1 Å². The molecule has 0 fully saturated rings. The summed E-state index contributed by atoms with van der Waals surface area (Å²) in [5.41, 5.74) is 5.45. The third kappa shape index (κ3) is 4.05. The molecule has 0 saturated carbocycles. The van der Waals surface area contributed by atoms with Crippen LogP contribution in [0.4, 0.5) is 10.1 Å². The Morgan fingerprint density at radius 3 is 2.63 bits per heavy atom. The number of sulfonamides is 1. The van der Waals surface area contributed by atoms with E-state index in [2.05, 4.69) is 4.72 Å². The van der Waals surface area contributed by atoms with Crippen molar-refractivity contribution in [2.45, 2.75) is 11.8 Å². The van der Waals surface area contributed by atoms with Gasteiger partial charge in [-0.05, 0) is 19.1 Å². The predicted octanol–water partition coefficient (Wildman–Crippen LogP) is 0.731. The second-order valence-electron chi connectivity index (χ2n) is 3.62. The van der Waals surface area contributed by atoms with Gasteiger partial charge in [-0.2, -0.15) is 0 Å². The molecule has 1 aromatic carbocycles. The maximum atomic E-state index is 13.6. The lowest BCUT2D eigenvalue weighted by Crippen LogP contribution is -2.27. The van der Waals surface area contributed by atoms with Gasteiger partial charge >= 0.3 is 0 Å². The van der Waals surface area contributed by atoms with Crippen molar-refractivity contribution in [1.82, 2.24) is 4.72 Å². The molecule has 0 heterocycles. The van der Waals surface area contributed by atoms with Crippen molar-refractivity contribution in [2.75, 3.05) is 32.6 Å². The van der Waals surface area contributed by atoms with E-state index in [1.807, 2.05) is 0 Å². The molecule has 0 atom stereocenters. The molecule has 0 aliphatic carbocycles. The van der Waals surface area contributed by atoms with Crippen molar-refractivity contribution in [2.24, 2.45) is 0 Å². The molecule has 0 radical (unpaired) electrons. The summed E-state index contributed by atoms with van der Waals surface area (Å²) in [4.78, 5) is -0.250. The van der Waals surface area contributed by atoms with Crippen molar-refractivity contribution in [3.05, 3.63) is 17.9 Å². The Balaban J connectivity index is 2.90. The average molecular weight is 292 g/mol. The first-order valence-corrected chi connectivity index (χ1v) is 7.11. The molecule has 0 aromatic heterocycles. The van der Waals surface area contributed by atoms with Crippen LogP contribution in [0.2, 0.25) is 0 Å². The van der Waals surface area contributed by atoms with Crippen LogP contribution in [-0.2, 0) is 14.8 Å². The summed E-state index contributed by atoms with van der Waals surface area (Å²) in [5.74, 6) is -0.999. The molecule has 3 N–H and O–H groups in total. The molecule has 0 spiro atoms. The van der Waals surface area contributed by atoms with Gasteiger partial charge in [0.1, 0.15) is 0 Å². The highest BCUT2D eigenvalue weighted by molar-refractivity contribution is 7.89. The normalized spacial score (nSPS) is 11.5. The first kappa shape index (κ1) is 15.7. The van der Waals surface area contributed by atoms with Gasteiger partial charge in [0.15, 0.2) is 11.6 Å². The van der Waals surface area contributed by atoms with E-state index in [0.29, 0.717) is 6.61 Å². The minimum atomic E-state index is -3.82. The number of hydrogen-bond acceptors (Lipinski definition) is 5. The summed E-state index contributed by atoms with van der Waals surface area (Å²) in [6.07, 6.45) is 0. The number of nitrogen functional groups attached to an aromatic ring is 1. The Morgan fingerprint density at radius 2 is 2.11 bits per heavy atom. The van der Waals surface area contributed by atoms with Crippen molar-refractivity contribution in [1.29, 1.82) is 0 Å². The topological polar surface area (TPSA) is 90.7 Å². The fourth-order valence-corrected chi connectivity index (χ4v) is 2.49. The Hall–Kier alpha value is -1.38. The summed E-state index contributed by atoms with van der Waals surface area (Å²) >= 11 is 0. The summed E-state index contributed by atoms with van der Waals surface area (Å²) in [5, 5.41) is 0. The monoisotopic (exact) mass is 292 g/mol. The quantitative estimate of drug-likeness (QED) is 0.571. The van der Waals surface area contributed by atoms with Crippen molar-refractivity contribution in [3.8, 4) is 5.75 Å². The number of nitrogens with one attached hydrogen (secondary N) is 1. The third-order valence-corrected chi connectivity index (χ3v) is 3.74. The molecule has 0 aliphatic rings. The Bertz CT molecular complexity index is 510. The minimum Gasteiger partial charge on any atom is -0.492 e. The van der Waals surface area contributed by atoms with Crippen molar-refractivity contribution in [3.63, 3.8) is 0 Å². The molecule has 8 heteroatoms. The number of anilines is 1. The van der Waals surface area contributed by atoms with Crippen LogP contribution in [0.25, 0.3) is 0 Å². The van der Waals surface area contributed by atoms with Gasteiger partial charge in [-0.3, -0.25) is 0 Å². The summed E-state index contributed by atoms with van der Waals surface area (Å²) in [7, 11) is -2.56. The molecule has 1 aromatic rings. The minimum absolute atomic E-state index is 0.0762. The van der Waals surface area contributed by atoms with E-state index in [4.69, 9.17) is 15.2 Å². The molecule has 0 bridgehead atoms. The number of methoxy groups -OCH3 is 1. The maximum Gasteiger partial charge on any atom is 0.240 e. The van der Waals surface area contributed by atoms with Gasteiger partial charge in [0.05, 0.1) is 24.3 Å². The van der Waals surface area contributed by atoms with Crippen LogP contribution in [0.15, 0.2) is 17.0 Å². The Morgan fingerprint density at radius 1 is 1.42 bits per heavy atom.